The van der Waals surface area contributed by atoms with E-state index in [1.54, 1.807) is 0 Å². The van der Waals surface area contributed by atoms with Gasteiger partial charge >= 0.3 is 6.18 Å². The van der Waals surface area contributed by atoms with E-state index in [1.807, 2.05) is 11.0 Å². The maximum Gasteiger partial charge on any atom is 0.437 e. The Morgan fingerprint density at radius 1 is 1.39 bits per heavy atom. The lowest BCUT2D eigenvalue weighted by Gasteiger charge is -2.13. The molecule has 3 rings (SSSR count). The molecule has 2 aromatic rings. The maximum atomic E-state index is 12.1. The molecule has 6 nitrogen and oxygen atoms in total. The monoisotopic (exact) mass is 398 g/mol. The Kier molecular flexibility index (Phi) is 7.04. The number of halogens is 3. The van der Waals surface area contributed by atoms with Gasteiger partial charge in [-0.05, 0) is 36.5 Å². The van der Waals surface area contributed by atoms with Gasteiger partial charge in [-0.1, -0.05) is 20.8 Å². The average Bonchev–Trinajstić information content (AvgIpc) is 3.30. The van der Waals surface area contributed by atoms with Crippen molar-refractivity contribution in [3.63, 3.8) is 0 Å². The lowest BCUT2D eigenvalue weighted by Crippen LogP contribution is -2.28. The highest BCUT2D eigenvalue weighted by atomic mass is 19.4. The van der Waals surface area contributed by atoms with Crippen LogP contribution >= 0.6 is 0 Å². The van der Waals surface area contributed by atoms with Gasteiger partial charge in [0.05, 0.1) is 7.11 Å². The molecular weight excluding hydrogens is 373 g/mol. The molecule has 1 N–H and O–H groups in total. The fourth-order valence-electron chi connectivity index (χ4n) is 2.79. The van der Waals surface area contributed by atoms with Gasteiger partial charge in [-0.2, -0.15) is 18.3 Å². The van der Waals surface area contributed by atoms with Crippen LogP contribution in [0.2, 0.25) is 0 Å². The van der Waals surface area contributed by atoms with Gasteiger partial charge in [0.25, 0.3) is 5.91 Å². The first-order valence-corrected chi connectivity index (χ1v) is 9.04. The topological polar surface area (TPSA) is 71.1 Å². The molecule has 1 unspecified atom stereocenters. The summed E-state index contributed by atoms with van der Waals surface area (Å²) in [5, 5.41) is 7.01. The van der Waals surface area contributed by atoms with Crippen LogP contribution in [0.4, 0.5) is 13.2 Å². The van der Waals surface area contributed by atoms with Crippen molar-refractivity contribution in [2.45, 2.75) is 39.3 Å². The minimum absolute atomic E-state index is 0.0625. The molecule has 0 radical (unpaired) electrons. The number of amides is 1. The van der Waals surface area contributed by atoms with Crippen LogP contribution in [0.1, 0.15) is 55.0 Å². The molecule has 0 aliphatic carbocycles. The van der Waals surface area contributed by atoms with Gasteiger partial charge in [0.1, 0.15) is 11.4 Å². The highest BCUT2D eigenvalue weighted by Gasteiger charge is 2.35. The quantitative estimate of drug-likeness (QED) is 0.844. The van der Waals surface area contributed by atoms with Crippen LogP contribution in [-0.4, -0.2) is 46.2 Å². The fourth-order valence-corrected chi connectivity index (χ4v) is 2.79. The normalized spacial score (nSPS) is 16.7. The first kappa shape index (κ1) is 21.7. The van der Waals surface area contributed by atoms with E-state index < -0.39 is 11.9 Å². The highest BCUT2D eigenvalue weighted by molar-refractivity contribution is 5.92. The number of hydrogen-bond donors (Lipinski definition) is 1. The largest absolute Gasteiger partial charge is 0.494 e. The number of ether oxygens (including phenoxy) is 1. The van der Waals surface area contributed by atoms with Gasteiger partial charge in [-0.3, -0.25) is 9.89 Å². The van der Waals surface area contributed by atoms with Gasteiger partial charge in [-0.25, -0.2) is 4.98 Å². The van der Waals surface area contributed by atoms with Crippen LogP contribution in [0, 0.1) is 5.92 Å². The summed E-state index contributed by atoms with van der Waals surface area (Å²) in [6, 6.07) is 4.47. The number of aromatic amines is 1. The SMILES string of the molecule is CC1CCN(C(=O)c2cc(C(C)C)[nH]n2)C1.COc1cccnc1C(F)(F)F. The number of pyridine rings is 1. The second-order valence-corrected chi connectivity index (χ2v) is 7.06. The number of hydrogen-bond acceptors (Lipinski definition) is 4. The summed E-state index contributed by atoms with van der Waals surface area (Å²) in [4.78, 5) is 17.1. The van der Waals surface area contributed by atoms with Gasteiger partial charge in [0, 0.05) is 25.0 Å². The van der Waals surface area contributed by atoms with E-state index in [0.717, 1.165) is 31.4 Å². The summed E-state index contributed by atoms with van der Waals surface area (Å²) in [5.74, 6) is 0.802. The lowest BCUT2D eigenvalue weighted by atomic mass is 10.1. The zero-order chi connectivity index (χ0) is 20.9. The molecule has 1 aliphatic rings. The minimum Gasteiger partial charge on any atom is -0.494 e. The number of methoxy groups -OCH3 is 1. The standard InChI is InChI=1S/C12H19N3O.C7H6F3NO/c1-8(2)10-6-11(14-13-10)12(16)15-5-4-9(3)7-15;1-12-5-3-2-4-11-6(5)7(8,9)10/h6,8-9H,4-5,7H2,1-3H3,(H,13,14);2-4H,1H3. The summed E-state index contributed by atoms with van der Waals surface area (Å²) < 4.78 is 40.8. The number of aromatic nitrogens is 3. The number of carbonyl (C=O) groups is 1. The predicted molar refractivity (Wildman–Crippen MR) is 98.2 cm³/mol. The molecule has 1 saturated heterocycles. The molecule has 1 fully saturated rings. The van der Waals surface area contributed by atoms with Crippen LogP contribution in [0.15, 0.2) is 24.4 Å². The third-order valence-corrected chi connectivity index (χ3v) is 4.41. The third kappa shape index (κ3) is 5.46. The number of nitrogens with zero attached hydrogens (tertiary/aromatic N) is 3. The first-order valence-electron chi connectivity index (χ1n) is 9.04. The highest BCUT2D eigenvalue weighted by Crippen LogP contribution is 2.33. The van der Waals surface area contributed by atoms with Crippen molar-refractivity contribution < 1.29 is 22.7 Å². The molecule has 9 heteroatoms. The Morgan fingerprint density at radius 3 is 2.57 bits per heavy atom. The zero-order valence-electron chi connectivity index (χ0n) is 16.4. The zero-order valence-corrected chi connectivity index (χ0v) is 16.4. The molecular formula is C19H25F3N4O2. The Labute approximate surface area is 162 Å². The van der Waals surface area contributed by atoms with Crippen molar-refractivity contribution in [2.75, 3.05) is 20.2 Å². The van der Waals surface area contributed by atoms with Gasteiger partial charge < -0.3 is 9.64 Å². The van der Waals surface area contributed by atoms with E-state index in [0.29, 0.717) is 17.5 Å². The van der Waals surface area contributed by atoms with Crippen molar-refractivity contribution in [2.24, 2.45) is 5.92 Å². The summed E-state index contributed by atoms with van der Waals surface area (Å²) >= 11 is 0. The predicted octanol–water partition coefficient (Wildman–Crippen LogP) is 4.12. The summed E-state index contributed by atoms with van der Waals surface area (Å²) in [5.41, 5.74) is 0.584. The fraction of sp³-hybridized carbons (Fsp3) is 0.526. The molecule has 1 amide bonds. The lowest BCUT2D eigenvalue weighted by molar-refractivity contribution is -0.142. The van der Waals surface area contributed by atoms with Crippen molar-refractivity contribution in [1.82, 2.24) is 20.1 Å². The smallest absolute Gasteiger partial charge is 0.437 e. The van der Waals surface area contributed by atoms with Crippen molar-refractivity contribution >= 4 is 5.91 Å². The Bertz CT molecular complexity index is 789. The molecule has 3 heterocycles. The molecule has 154 valence electrons. The second-order valence-electron chi connectivity index (χ2n) is 7.06. The average molecular weight is 398 g/mol. The number of likely N-dealkylation sites (tertiary alicyclic amines) is 1. The Balaban J connectivity index is 0.000000209. The van der Waals surface area contributed by atoms with Crippen LogP contribution in [-0.2, 0) is 6.18 Å². The number of alkyl halides is 3. The Morgan fingerprint density at radius 2 is 2.11 bits per heavy atom. The van der Waals surface area contributed by atoms with E-state index in [2.05, 4.69) is 40.7 Å². The van der Waals surface area contributed by atoms with Gasteiger partial charge in [-0.15, -0.1) is 0 Å². The molecule has 0 spiro atoms. The van der Waals surface area contributed by atoms with E-state index in [-0.39, 0.29) is 11.7 Å². The van der Waals surface area contributed by atoms with E-state index in [1.165, 1.54) is 19.2 Å². The van der Waals surface area contributed by atoms with E-state index >= 15 is 0 Å². The minimum atomic E-state index is -4.45. The van der Waals surface area contributed by atoms with Crippen molar-refractivity contribution in [1.29, 1.82) is 0 Å². The van der Waals surface area contributed by atoms with E-state index in [9.17, 15) is 18.0 Å². The molecule has 28 heavy (non-hydrogen) atoms. The van der Waals surface area contributed by atoms with Crippen molar-refractivity contribution in [3.05, 3.63) is 41.5 Å². The number of nitrogens with one attached hydrogen (secondary N) is 1. The van der Waals surface area contributed by atoms with Crippen LogP contribution in [0.3, 0.4) is 0 Å². The van der Waals surface area contributed by atoms with Crippen LogP contribution in [0.25, 0.3) is 0 Å². The third-order valence-electron chi connectivity index (χ3n) is 4.41. The van der Waals surface area contributed by atoms with Gasteiger partial charge in [0.15, 0.2) is 5.69 Å². The second kappa shape index (κ2) is 9.07. The number of carbonyl (C=O) groups excluding carboxylic acids is 1. The number of rotatable bonds is 3. The van der Waals surface area contributed by atoms with Crippen molar-refractivity contribution in [3.8, 4) is 5.75 Å². The Hall–Kier alpha value is -2.58. The van der Waals surface area contributed by atoms with Crippen LogP contribution < -0.4 is 4.74 Å². The summed E-state index contributed by atoms with van der Waals surface area (Å²) in [6.07, 6.45) is -2.27. The first-order chi connectivity index (χ1) is 13.1. The summed E-state index contributed by atoms with van der Waals surface area (Å²) in [7, 11) is 1.17. The van der Waals surface area contributed by atoms with Crippen LogP contribution in [0.5, 0.6) is 5.75 Å². The molecule has 0 saturated carbocycles. The maximum absolute atomic E-state index is 12.1. The van der Waals surface area contributed by atoms with E-state index in [4.69, 9.17) is 0 Å². The molecule has 0 aromatic carbocycles. The molecule has 0 bridgehead atoms. The molecule has 1 aliphatic heterocycles. The van der Waals surface area contributed by atoms with Gasteiger partial charge in [0.2, 0.25) is 0 Å². The molecule has 2 aromatic heterocycles. The number of H-pyrrole nitrogens is 1. The summed E-state index contributed by atoms with van der Waals surface area (Å²) in [6.45, 7) is 8.07. The molecule has 1 atom stereocenters.